The predicted molar refractivity (Wildman–Crippen MR) is 84.8 cm³/mol. The molecule has 3 aliphatic rings. The first-order valence-corrected chi connectivity index (χ1v) is 8.77. The maximum Gasteiger partial charge on any atom is 0.159 e. The third-order valence-electron chi connectivity index (χ3n) is 6.84. The molecule has 0 aliphatic heterocycles. The third kappa shape index (κ3) is 2.30. The molecule has 0 saturated heterocycles. The van der Waals surface area contributed by atoms with Crippen LogP contribution in [-0.2, 0) is 4.79 Å². The standard InChI is InChI=1S/C19H30O2/c1-11(2)13-7-8-19(4)15-6-5-12(3)9-14(15)17(20)10-16(19)18(13)21/h9,11-13,15-16,18,21H,5-8,10H2,1-4H3/t12-,13-,15-,16+,18+,19+/m0/s1. The van der Waals surface area contributed by atoms with Crippen molar-refractivity contribution in [3.05, 3.63) is 11.6 Å². The van der Waals surface area contributed by atoms with E-state index in [2.05, 4.69) is 33.8 Å². The molecule has 6 atom stereocenters. The minimum absolute atomic E-state index is 0.130. The molecule has 0 aromatic carbocycles. The molecular weight excluding hydrogens is 260 g/mol. The number of allylic oxidation sites excluding steroid dienone is 2. The number of carbonyl (C=O) groups is 1. The highest BCUT2D eigenvalue weighted by atomic mass is 16.3. The molecule has 2 saturated carbocycles. The van der Waals surface area contributed by atoms with Crippen molar-refractivity contribution in [2.75, 3.05) is 0 Å². The lowest BCUT2D eigenvalue weighted by molar-refractivity contribution is -0.138. The van der Waals surface area contributed by atoms with Gasteiger partial charge in [0, 0.05) is 6.42 Å². The predicted octanol–water partition coefficient (Wildman–Crippen LogP) is 3.98. The summed E-state index contributed by atoms with van der Waals surface area (Å²) in [5.41, 5.74) is 1.23. The van der Waals surface area contributed by atoms with Gasteiger partial charge in [0.2, 0.25) is 0 Å². The first kappa shape index (κ1) is 15.3. The Balaban J connectivity index is 1.95. The van der Waals surface area contributed by atoms with E-state index < -0.39 is 0 Å². The molecule has 2 heteroatoms. The van der Waals surface area contributed by atoms with Crippen LogP contribution in [0.1, 0.15) is 59.8 Å². The van der Waals surface area contributed by atoms with Crippen LogP contribution < -0.4 is 0 Å². The Morgan fingerprint density at radius 3 is 2.67 bits per heavy atom. The smallest absolute Gasteiger partial charge is 0.159 e. The summed E-state index contributed by atoms with van der Waals surface area (Å²) < 4.78 is 0. The molecule has 0 radical (unpaired) electrons. The second kappa shape index (κ2) is 5.22. The number of carbonyl (C=O) groups excluding carboxylic acids is 1. The van der Waals surface area contributed by atoms with E-state index in [0.717, 1.165) is 18.4 Å². The maximum atomic E-state index is 12.6. The van der Waals surface area contributed by atoms with Crippen molar-refractivity contribution >= 4 is 5.78 Å². The van der Waals surface area contributed by atoms with Crippen molar-refractivity contribution in [3.63, 3.8) is 0 Å². The molecule has 0 unspecified atom stereocenters. The third-order valence-corrected chi connectivity index (χ3v) is 6.84. The average Bonchev–Trinajstić information content (AvgIpc) is 2.41. The van der Waals surface area contributed by atoms with Gasteiger partial charge in [0.05, 0.1) is 6.10 Å². The van der Waals surface area contributed by atoms with Crippen LogP contribution in [0.25, 0.3) is 0 Å². The molecule has 0 heterocycles. The van der Waals surface area contributed by atoms with E-state index in [1.807, 2.05) is 0 Å². The molecule has 3 aliphatic carbocycles. The number of aliphatic hydroxyl groups is 1. The SMILES string of the molecule is CC(C)[C@@H]1CC[C@@]2(C)[C@H](CC(=O)C3=C[C@@H](C)CC[C@@H]32)[C@@H]1O. The van der Waals surface area contributed by atoms with Gasteiger partial charge in [-0.05, 0) is 66.3 Å². The number of hydrogen-bond donors (Lipinski definition) is 1. The number of aliphatic hydroxyl groups excluding tert-OH is 1. The van der Waals surface area contributed by atoms with Crippen molar-refractivity contribution < 1.29 is 9.90 Å². The molecule has 0 amide bonds. The second-order valence-electron chi connectivity index (χ2n) is 8.41. The average molecular weight is 290 g/mol. The zero-order valence-corrected chi connectivity index (χ0v) is 13.9. The molecule has 0 aromatic rings. The van der Waals surface area contributed by atoms with Crippen LogP contribution in [0.4, 0.5) is 0 Å². The van der Waals surface area contributed by atoms with E-state index in [4.69, 9.17) is 0 Å². The number of ketones is 1. The van der Waals surface area contributed by atoms with Gasteiger partial charge in [-0.25, -0.2) is 0 Å². The van der Waals surface area contributed by atoms with Crippen molar-refractivity contribution in [2.45, 2.75) is 65.9 Å². The fourth-order valence-electron chi connectivity index (χ4n) is 5.42. The lowest BCUT2D eigenvalue weighted by atomic mass is 9.49. The fourth-order valence-corrected chi connectivity index (χ4v) is 5.42. The summed E-state index contributed by atoms with van der Waals surface area (Å²) >= 11 is 0. The van der Waals surface area contributed by atoms with E-state index in [1.54, 1.807) is 0 Å². The van der Waals surface area contributed by atoms with Gasteiger partial charge in [0.1, 0.15) is 0 Å². The second-order valence-corrected chi connectivity index (χ2v) is 8.41. The highest BCUT2D eigenvalue weighted by Crippen LogP contribution is 2.58. The van der Waals surface area contributed by atoms with Crippen LogP contribution in [0, 0.1) is 35.0 Å². The molecule has 3 rings (SSSR count). The summed E-state index contributed by atoms with van der Waals surface area (Å²) in [5, 5.41) is 10.9. The Bertz CT molecular complexity index is 464. The molecular formula is C19H30O2. The van der Waals surface area contributed by atoms with Gasteiger partial charge < -0.3 is 5.11 Å². The van der Waals surface area contributed by atoms with Crippen LogP contribution >= 0.6 is 0 Å². The van der Waals surface area contributed by atoms with Gasteiger partial charge in [0.25, 0.3) is 0 Å². The van der Waals surface area contributed by atoms with Gasteiger partial charge in [-0.2, -0.15) is 0 Å². The summed E-state index contributed by atoms with van der Waals surface area (Å²) in [7, 11) is 0. The molecule has 0 spiro atoms. The number of Topliss-reactive ketones (excluding diaryl/α,β-unsaturated/α-hetero) is 1. The summed E-state index contributed by atoms with van der Waals surface area (Å²) in [6.07, 6.45) is 7.10. The van der Waals surface area contributed by atoms with E-state index in [9.17, 15) is 9.90 Å². The Morgan fingerprint density at radius 1 is 1.29 bits per heavy atom. The van der Waals surface area contributed by atoms with Crippen molar-refractivity contribution in [1.29, 1.82) is 0 Å². The van der Waals surface area contributed by atoms with E-state index in [1.165, 1.54) is 12.8 Å². The zero-order valence-electron chi connectivity index (χ0n) is 13.9. The molecule has 118 valence electrons. The summed E-state index contributed by atoms with van der Waals surface area (Å²) in [6.45, 7) is 8.97. The lowest BCUT2D eigenvalue weighted by Crippen LogP contribution is -2.55. The molecule has 21 heavy (non-hydrogen) atoms. The Labute approximate surface area is 129 Å². The molecule has 1 N–H and O–H groups in total. The normalized spacial score (nSPS) is 46.9. The van der Waals surface area contributed by atoms with Crippen LogP contribution in [0.5, 0.6) is 0 Å². The highest BCUT2D eigenvalue weighted by Gasteiger charge is 2.55. The van der Waals surface area contributed by atoms with Gasteiger partial charge in [-0.1, -0.05) is 33.8 Å². The van der Waals surface area contributed by atoms with Gasteiger partial charge in [0.15, 0.2) is 5.78 Å². The Kier molecular flexibility index (Phi) is 3.80. The largest absolute Gasteiger partial charge is 0.393 e. The van der Waals surface area contributed by atoms with Crippen LogP contribution in [-0.4, -0.2) is 17.0 Å². The summed E-state index contributed by atoms with van der Waals surface area (Å²) in [5.74, 6) is 2.28. The number of rotatable bonds is 1. The monoisotopic (exact) mass is 290 g/mol. The van der Waals surface area contributed by atoms with Gasteiger partial charge in [-0.15, -0.1) is 0 Å². The molecule has 0 bridgehead atoms. The molecule has 2 fully saturated rings. The fraction of sp³-hybridized carbons (Fsp3) is 0.842. The van der Waals surface area contributed by atoms with E-state index >= 15 is 0 Å². The van der Waals surface area contributed by atoms with Crippen molar-refractivity contribution in [3.8, 4) is 0 Å². The van der Waals surface area contributed by atoms with Crippen LogP contribution in [0.3, 0.4) is 0 Å². The first-order chi connectivity index (χ1) is 9.84. The highest BCUT2D eigenvalue weighted by molar-refractivity contribution is 5.97. The quantitative estimate of drug-likeness (QED) is 0.793. The van der Waals surface area contributed by atoms with E-state index in [0.29, 0.717) is 35.9 Å². The summed E-state index contributed by atoms with van der Waals surface area (Å²) in [4.78, 5) is 12.6. The van der Waals surface area contributed by atoms with Crippen molar-refractivity contribution in [1.82, 2.24) is 0 Å². The number of fused-ring (bicyclic) bond motifs is 3. The number of hydrogen-bond acceptors (Lipinski definition) is 2. The zero-order chi connectivity index (χ0) is 15.4. The van der Waals surface area contributed by atoms with Crippen LogP contribution in [0.2, 0.25) is 0 Å². The van der Waals surface area contributed by atoms with Gasteiger partial charge in [-0.3, -0.25) is 4.79 Å². The topological polar surface area (TPSA) is 37.3 Å². The Morgan fingerprint density at radius 2 is 2.00 bits per heavy atom. The lowest BCUT2D eigenvalue weighted by Gasteiger charge is -2.56. The van der Waals surface area contributed by atoms with Crippen molar-refractivity contribution in [2.24, 2.45) is 35.0 Å². The molecule has 0 aromatic heterocycles. The molecule has 2 nitrogen and oxygen atoms in total. The minimum atomic E-state index is -0.298. The minimum Gasteiger partial charge on any atom is -0.393 e. The van der Waals surface area contributed by atoms with Gasteiger partial charge >= 0.3 is 0 Å². The first-order valence-electron chi connectivity index (χ1n) is 8.77. The van der Waals surface area contributed by atoms with E-state index in [-0.39, 0.29) is 17.4 Å². The maximum absolute atomic E-state index is 12.6. The van der Waals surface area contributed by atoms with Crippen LogP contribution in [0.15, 0.2) is 11.6 Å². The summed E-state index contributed by atoms with van der Waals surface area (Å²) in [6, 6.07) is 0. The Hall–Kier alpha value is -0.630.